The predicted molar refractivity (Wildman–Crippen MR) is 79.4 cm³/mol. The molecule has 0 aromatic heterocycles. The van der Waals surface area contributed by atoms with Crippen molar-refractivity contribution < 1.29 is 9.29 Å². The van der Waals surface area contributed by atoms with E-state index in [-0.39, 0.29) is 21.8 Å². The van der Waals surface area contributed by atoms with Crippen molar-refractivity contribution in [3.05, 3.63) is 0 Å². The quantitative estimate of drug-likeness (QED) is 0.758. The van der Waals surface area contributed by atoms with Crippen molar-refractivity contribution in [2.45, 2.75) is 63.9 Å². The van der Waals surface area contributed by atoms with E-state index in [0.717, 1.165) is 32.5 Å². The lowest BCUT2D eigenvalue weighted by molar-refractivity contribution is 0.0228. The zero-order valence-corrected chi connectivity index (χ0v) is 13.7. The Labute approximate surface area is 120 Å². The third-order valence-electron chi connectivity index (χ3n) is 4.42. The Morgan fingerprint density at radius 3 is 2.37 bits per heavy atom. The van der Waals surface area contributed by atoms with E-state index in [2.05, 4.69) is 23.9 Å². The molecule has 0 amide bonds. The molecule has 0 bridgehead atoms. The van der Waals surface area contributed by atoms with Crippen molar-refractivity contribution in [2.24, 2.45) is 5.41 Å². The molecule has 2 rings (SSSR count). The topological polar surface area (TPSA) is 56.3 Å². The summed E-state index contributed by atoms with van der Waals surface area (Å²) in [6.07, 6.45) is 2.19. The Morgan fingerprint density at radius 1 is 1.26 bits per heavy atom. The molecule has 2 fully saturated rings. The first-order valence-electron chi connectivity index (χ1n) is 7.20. The highest BCUT2D eigenvalue weighted by atomic mass is 32.2. The molecule has 0 saturated carbocycles. The first-order chi connectivity index (χ1) is 8.67. The van der Waals surface area contributed by atoms with Crippen LogP contribution in [0.2, 0.25) is 0 Å². The van der Waals surface area contributed by atoms with Crippen molar-refractivity contribution in [1.82, 2.24) is 10.0 Å². The molecule has 0 aliphatic carbocycles. The number of piperidine rings is 1. The summed E-state index contributed by atoms with van der Waals surface area (Å²) in [5, 5.41) is 3.41. The Bertz CT molecular complexity index is 322. The summed E-state index contributed by atoms with van der Waals surface area (Å²) in [5.41, 5.74) is -0.117. The molecule has 4 nitrogen and oxygen atoms in total. The Hall–Kier alpha value is 0.190. The lowest BCUT2D eigenvalue weighted by Crippen LogP contribution is -2.59. The van der Waals surface area contributed by atoms with E-state index in [1.807, 2.05) is 20.8 Å². The van der Waals surface area contributed by atoms with Gasteiger partial charge >= 0.3 is 0 Å². The number of hydrogen-bond acceptors (Lipinski definition) is 4. The third kappa shape index (κ3) is 3.10. The molecule has 5 heteroatoms. The maximum absolute atomic E-state index is 12.5. The summed E-state index contributed by atoms with van der Waals surface area (Å²) in [5.74, 6) is 0. The van der Waals surface area contributed by atoms with E-state index < -0.39 is 11.4 Å². The van der Waals surface area contributed by atoms with Gasteiger partial charge in [-0.15, -0.1) is 4.72 Å². The van der Waals surface area contributed by atoms with Crippen LogP contribution in [0.4, 0.5) is 0 Å². The summed E-state index contributed by atoms with van der Waals surface area (Å²) in [6, 6.07) is 0.155. The van der Waals surface area contributed by atoms with Crippen LogP contribution in [-0.4, -0.2) is 40.6 Å². The van der Waals surface area contributed by atoms with Crippen LogP contribution >= 0.6 is 0 Å². The third-order valence-corrected chi connectivity index (χ3v) is 5.98. The zero-order valence-electron chi connectivity index (χ0n) is 12.8. The van der Waals surface area contributed by atoms with Gasteiger partial charge in [-0.05, 0) is 60.5 Å². The number of nitrogens with one attached hydrogen (secondary N) is 2. The number of hydrogen-bond donors (Lipinski definition) is 2. The van der Waals surface area contributed by atoms with E-state index >= 15 is 0 Å². The second-order valence-corrected chi connectivity index (χ2v) is 9.43. The minimum Gasteiger partial charge on any atom is -0.598 e. The highest BCUT2D eigenvalue weighted by Crippen LogP contribution is 2.46. The fraction of sp³-hybridized carbons (Fsp3) is 1.00. The van der Waals surface area contributed by atoms with Gasteiger partial charge in [0.15, 0.2) is 0 Å². The molecule has 0 aromatic carbocycles. The Morgan fingerprint density at radius 2 is 1.84 bits per heavy atom. The van der Waals surface area contributed by atoms with Gasteiger partial charge in [-0.3, -0.25) is 0 Å². The molecule has 2 heterocycles. The van der Waals surface area contributed by atoms with Crippen LogP contribution < -0.4 is 10.0 Å². The van der Waals surface area contributed by atoms with Gasteiger partial charge in [-0.1, -0.05) is 0 Å². The van der Waals surface area contributed by atoms with E-state index in [4.69, 9.17) is 4.74 Å². The molecule has 0 radical (unpaired) electrons. The maximum Gasteiger partial charge on any atom is 0.136 e. The monoisotopic (exact) mass is 288 g/mol. The average Bonchev–Trinajstić information content (AvgIpc) is 2.54. The van der Waals surface area contributed by atoms with E-state index in [0.29, 0.717) is 0 Å². The van der Waals surface area contributed by atoms with Gasteiger partial charge in [0.05, 0.1) is 18.2 Å². The first-order valence-corrected chi connectivity index (χ1v) is 8.35. The zero-order chi connectivity index (χ0) is 14.3. The molecule has 2 N–H and O–H groups in total. The average molecular weight is 288 g/mol. The van der Waals surface area contributed by atoms with Crippen LogP contribution in [0.3, 0.4) is 0 Å². The summed E-state index contributed by atoms with van der Waals surface area (Å²) >= 11 is -1.05. The van der Waals surface area contributed by atoms with Crippen molar-refractivity contribution in [2.75, 3.05) is 19.7 Å². The molecule has 0 aromatic rings. The number of ether oxygens (including phenoxy) is 1. The van der Waals surface area contributed by atoms with Crippen LogP contribution in [-0.2, 0) is 16.1 Å². The lowest BCUT2D eigenvalue weighted by Gasteiger charge is -2.41. The SMILES string of the molecule is CC1(C)OCC2(CCNCC2)[C@@H]1N[S@+]([O-])C(C)(C)C. The fourth-order valence-corrected chi connectivity index (χ4v) is 4.24. The summed E-state index contributed by atoms with van der Waals surface area (Å²) in [7, 11) is 0. The second kappa shape index (κ2) is 5.19. The largest absolute Gasteiger partial charge is 0.598 e. The van der Waals surface area contributed by atoms with Crippen molar-refractivity contribution in [3.8, 4) is 0 Å². The second-order valence-electron chi connectivity index (χ2n) is 7.44. The maximum atomic E-state index is 12.5. The van der Waals surface area contributed by atoms with Gasteiger partial charge in [0, 0.05) is 16.8 Å². The van der Waals surface area contributed by atoms with Gasteiger partial charge in [0.1, 0.15) is 4.75 Å². The molecule has 2 atom stereocenters. The fourth-order valence-electron chi connectivity index (χ4n) is 3.14. The molecule has 2 aliphatic rings. The molecular formula is C14H28N2O2S. The standard InChI is InChI=1S/C14H28N2O2S/c1-12(2,3)19(17)16-11-13(4,5)18-10-14(11)6-8-15-9-7-14/h11,15-16H,6-10H2,1-5H3/t11-,19-/m1/s1. The predicted octanol–water partition coefficient (Wildman–Crippen LogP) is 1.59. The summed E-state index contributed by atoms with van der Waals surface area (Å²) in [6.45, 7) is 13.1. The highest BCUT2D eigenvalue weighted by Gasteiger charge is 2.56. The van der Waals surface area contributed by atoms with Crippen LogP contribution in [0, 0.1) is 5.41 Å². The number of rotatable bonds is 2. The van der Waals surface area contributed by atoms with Crippen LogP contribution in [0.5, 0.6) is 0 Å². The van der Waals surface area contributed by atoms with Gasteiger partial charge in [-0.2, -0.15) is 0 Å². The minimum atomic E-state index is -1.05. The highest BCUT2D eigenvalue weighted by molar-refractivity contribution is 7.90. The Kier molecular flexibility index (Phi) is 4.25. The molecular weight excluding hydrogens is 260 g/mol. The van der Waals surface area contributed by atoms with Crippen LogP contribution in [0.1, 0.15) is 47.5 Å². The van der Waals surface area contributed by atoms with Gasteiger partial charge in [0.25, 0.3) is 0 Å². The van der Waals surface area contributed by atoms with Gasteiger partial charge < -0.3 is 14.6 Å². The van der Waals surface area contributed by atoms with E-state index in [1.54, 1.807) is 0 Å². The van der Waals surface area contributed by atoms with Crippen molar-refractivity contribution >= 4 is 11.4 Å². The molecule has 2 saturated heterocycles. The molecule has 112 valence electrons. The first kappa shape index (κ1) is 15.6. The molecule has 1 spiro atoms. The van der Waals surface area contributed by atoms with E-state index in [9.17, 15) is 4.55 Å². The molecule has 2 aliphatic heterocycles. The lowest BCUT2D eigenvalue weighted by atomic mass is 9.71. The van der Waals surface area contributed by atoms with Crippen molar-refractivity contribution in [3.63, 3.8) is 0 Å². The minimum absolute atomic E-state index is 0.135. The molecule has 19 heavy (non-hydrogen) atoms. The summed E-state index contributed by atoms with van der Waals surface area (Å²) < 4.78 is 21.6. The van der Waals surface area contributed by atoms with Crippen LogP contribution in [0.25, 0.3) is 0 Å². The van der Waals surface area contributed by atoms with Gasteiger partial charge in [-0.25, -0.2) is 0 Å². The van der Waals surface area contributed by atoms with Gasteiger partial charge in [0.2, 0.25) is 0 Å². The van der Waals surface area contributed by atoms with Crippen molar-refractivity contribution in [1.29, 1.82) is 0 Å². The van der Waals surface area contributed by atoms with Crippen LogP contribution in [0.15, 0.2) is 0 Å². The summed E-state index contributed by atoms with van der Waals surface area (Å²) in [4.78, 5) is 0. The van der Waals surface area contributed by atoms with E-state index in [1.165, 1.54) is 0 Å². The molecule has 0 unspecified atom stereocenters. The Balaban J connectivity index is 2.17. The normalized spacial score (nSPS) is 31.6. The smallest absolute Gasteiger partial charge is 0.136 e.